The van der Waals surface area contributed by atoms with E-state index in [9.17, 15) is 35.9 Å². The predicted molar refractivity (Wildman–Crippen MR) is 113 cm³/mol. The number of amides is 2. The van der Waals surface area contributed by atoms with E-state index in [2.05, 4.69) is 10.4 Å². The van der Waals surface area contributed by atoms with Crippen molar-refractivity contribution >= 4 is 17.5 Å². The van der Waals surface area contributed by atoms with Gasteiger partial charge in [-0.05, 0) is 55.3 Å². The zero-order valence-electron chi connectivity index (χ0n) is 17.9. The lowest BCUT2D eigenvalue weighted by molar-refractivity contribution is -0.137. The van der Waals surface area contributed by atoms with Crippen LogP contribution in [0.4, 0.5) is 32.0 Å². The summed E-state index contributed by atoms with van der Waals surface area (Å²) in [6, 6.07) is 9.88. The fourth-order valence-corrected chi connectivity index (χ4v) is 3.49. The lowest BCUT2D eigenvalue weighted by Crippen LogP contribution is -2.33. The third-order valence-corrected chi connectivity index (χ3v) is 5.29. The third-order valence-electron chi connectivity index (χ3n) is 5.29. The molecular weight excluding hydrogens is 478 g/mol. The van der Waals surface area contributed by atoms with Crippen molar-refractivity contribution in [3.8, 4) is 5.69 Å². The standard InChI is InChI=1S/C23H18F6N4O2/c24-22(25,26)12-30-20(34)14-6-8-16(9-7-14)32-21(35)18-11-31-33(19(18)13-4-5-13)17-3-1-2-15(10-17)23(27,28)29/h1-3,6-11,13H,4-5,12H2,(H,30,34)(H,32,35). The van der Waals surface area contributed by atoms with E-state index in [0.717, 1.165) is 25.0 Å². The second kappa shape index (κ2) is 9.08. The fraction of sp³-hybridized carbons (Fsp3) is 0.261. The fourth-order valence-electron chi connectivity index (χ4n) is 3.49. The molecular formula is C23H18F6N4O2. The molecule has 2 aromatic carbocycles. The number of nitrogens with one attached hydrogen (secondary N) is 2. The lowest BCUT2D eigenvalue weighted by atomic mass is 10.1. The molecule has 0 spiro atoms. The van der Waals surface area contributed by atoms with E-state index >= 15 is 0 Å². The Labute approximate surface area is 194 Å². The molecule has 0 aliphatic heterocycles. The summed E-state index contributed by atoms with van der Waals surface area (Å²) in [6.07, 6.45) is -6.28. The summed E-state index contributed by atoms with van der Waals surface area (Å²) < 4.78 is 77.5. The number of hydrogen-bond acceptors (Lipinski definition) is 3. The van der Waals surface area contributed by atoms with E-state index in [0.29, 0.717) is 5.69 Å². The van der Waals surface area contributed by atoms with Crippen LogP contribution in [0.1, 0.15) is 50.7 Å². The Morgan fingerprint density at radius 3 is 2.26 bits per heavy atom. The van der Waals surface area contributed by atoms with Crippen LogP contribution in [0.2, 0.25) is 0 Å². The number of carbonyl (C=O) groups is 2. The largest absolute Gasteiger partial charge is 0.416 e. The third kappa shape index (κ3) is 5.81. The minimum Gasteiger partial charge on any atom is -0.343 e. The van der Waals surface area contributed by atoms with Gasteiger partial charge < -0.3 is 10.6 Å². The van der Waals surface area contributed by atoms with Crippen LogP contribution in [0, 0.1) is 0 Å². The normalized spacial score (nSPS) is 14.0. The lowest BCUT2D eigenvalue weighted by Gasteiger charge is -2.12. The first kappa shape index (κ1) is 24.3. The second-order valence-corrected chi connectivity index (χ2v) is 8.01. The van der Waals surface area contributed by atoms with Gasteiger partial charge in [0.05, 0.1) is 28.7 Å². The van der Waals surface area contributed by atoms with Crippen LogP contribution in [0.5, 0.6) is 0 Å². The van der Waals surface area contributed by atoms with Crippen LogP contribution >= 0.6 is 0 Å². The quantitative estimate of drug-likeness (QED) is 0.454. The van der Waals surface area contributed by atoms with Gasteiger partial charge in [-0.3, -0.25) is 9.59 Å². The van der Waals surface area contributed by atoms with E-state index in [1.165, 1.54) is 47.3 Å². The number of halogens is 6. The number of aromatic nitrogens is 2. The number of nitrogens with zero attached hydrogens (tertiary/aromatic N) is 2. The maximum Gasteiger partial charge on any atom is 0.416 e. The van der Waals surface area contributed by atoms with Gasteiger partial charge in [-0.2, -0.15) is 31.4 Å². The summed E-state index contributed by atoms with van der Waals surface area (Å²) in [4.78, 5) is 24.7. The van der Waals surface area contributed by atoms with Crippen molar-refractivity contribution in [3.05, 3.63) is 77.1 Å². The molecule has 12 heteroatoms. The molecule has 1 aliphatic carbocycles. The SMILES string of the molecule is O=C(NCC(F)(F)F)c1ccc(NC(=O)c2cnn(-c3cccc(C(F)(F)F)c3)c2C2CC2)cc1. The highest BCUT2D eigenvalue weighted by molar-refractivity contribution is 6.05. The maximum absolute atomic E-state index is 13.1. The maximum atomic E-state index is 13.1. The number of anilines is 1. The molecule has 0 unspecified atom stereocenters. The van der Waals surface area contributed by atoms with Gasteiger partial charge in [0.15, 0.2) is 0 Å². The Morgan fingerprint density at radius 1 is 0.971 bits per heavy atom. The van der Waals surface area contributed by atoms with Crippen LogP contribution in [-0.4, -0.2) is 34.3 Å². The van der Waals surface area contributed by atoms with E-state index in [-0.39, 0.29) is 28.4 Å². The zero-order chi connectivity index (χ0) is 25.4. The van der Waals surface area contributed by atoms with Gasteiger partial charge in [0, 0.05) is 17.2 Å². The zero-order valence-corrected chi connectivity index (χ0v) is 17.9. The van der Waals surface area contributed by atoms with Gasteiger partial charge in [0.1, 0.15) is 6.54 Å². The van der Waals surface area contributed by atoms with E-state index in [1.54, 1.807) is 5.32 Å². The minimum atomic E-state index is -4.54. The molecule has 3 aromatic rings. The summed E-state index contributed by atoms with van der Waals surface area (Å²) in [5.74, 6) is -1.51. The molecule has 1 heterocycles. The molecule has 2 amide bonds. The molecule has 184 valence electrons. The van der Waals surface area contributed by atoms with Gasteiger partial charge in [0.2, 0.25) is 0 Å². The average molecular weight is 496 g/mol. The summed E-state index contributed by atoms with van der Waals surface area (Å²) in [5, 5.41) is 8.53. The van der Waals surface area contributed by atoms with Gasteiger partial charge in [-0.1, -0.05) is 6.07 Å². The van der Waals surface area contributed by atoms with Crippen LogP contribution in [0.25, 0.3) is 5.69 Å². The molecule has 35 heavy (non-hydrogen) atoms. The molecule has 0 atom stereocenters. The smallest absolute Gasteiger partial charge is 0.343 e. The average Bonchev–Trinajstić information content (AvgIpc) is 3.54. The number of alkyl halides is 6. The molecule has 2 N–H and O–H groups in total. The van der Waals surface area contributed by atoms with Crippen molar-refractivity contribution in [3.63, 3.8) is 0 Å². The number of rotatable bonds is 6. The van der Waals surface area contributed by atoms with Crippen molar-refractivity contribution in [1.82, 2.24) is 15.1 Å². The number of benzene rings is 2. The first-order chi connectivity index (χ1) is 16.4. The van der Waals surface area contributed by atoms with E-state index in [4.69, 9.17) is 0 Å². The van der Waals surface area contributed by atoms with Crippen molar-refractivity contribution in [2.24, 2.45) is 0 Å². The molecule has 1 fully saturated rings. The monoisotopic (exact) mass is 496 g/mol. The first-order valence-electron chi connectivity index (χ1n) is 10.4. The highest BCUT2D eigenvalue weighted by Gasteiger charge is 2.34. The van der Waals surface area contributed by atoms with Gasteiger partial charge >= 0.3 is 12.4 Å². The van der Waals surface area contributed by atoms with Crippen LogP contribution in [0.15, 0.2) is 54.7 Å². The first-order valence-corrected chi connectivity index (χ1v) is 10.4. The Kier molecular flexibility index (Phi) is 6.30. The Morgan fingerprint density at radius 2 is 1.66 bits per heavy atom. The van der Waals surface area contributed by atoms with Gasteiger partial charge in [-0.15, -0.1) is 0 Å². The summed E-state index contributed by atoms with van der Waals surface area (Å²) in [6.45, 7) is -1.47. The molecule has 6 nitrogen and oxygen atoms in total. The summed E-state index contributed by atoms with van der Waals surface area (Å²) in [7, 11) is 0. The highest BCUT2D eigenvalue weighted by atomic mass is 19.4. The Balaban J connectivity index is 1.52. The van der Waals surface area contributed by atoms with Crippen molar-refractivity contribution in [1.29, 1.82) is 0 Å². The van der Waals surface area contributed by atoms with Crippen LogP contribution in [-0.2, 0) is 6.18 Å². The molecule has 0 bridgehead atoms. The molecule has 1 aliphatic rings. The van der Waals surface area contributed by atoms with Crippen molar-refractivity contribution in [2.45, 2.75) is 31.1 Å². The topological polar surface area (TPSA) is 76.0 Å². The van der Waals surface area contributed by atoms with Crippen molar-refractivity contribution in [2.75, 3.05) is 11.9 Å². The summed E-state index contributed by atoms with van der Waals surface area (Å²) >= 11 is 0. The molecule has 1 aromatic heterocycles. The van der Waals surface area contributed by atoms with Crippen LogP contribution < -0.4 is 10.6 Å². The van der Waals surface area contributed by atoms with Gasteiger partial charge in [-0.25, -0.2) is 4.68 Å². The van der Waals surface area contributed by atoms with Gasteiger partial charge in [0.25, 0.3) is 11.8 Å². The molecule has 4 rings (SSSR count). The van der Waals surface area contributed by atoms with E-state index < -0.39 is 36.3 Å². The Hall–Kier alpha value is -3.83. The molecule has 0 radical (unpaired) electrons. The second-order valence-electron chi connectivity index (χ2n) is 8.01. The number of carbonyl (C=O) groups excluding carboxylic acids is 2. The predicted octanol–water partition coefficient (Wildman–Crippen LogP) is 5.31. The van der Waals surface area contributed by atoms with Crippen LogP contribution in [0.3, 0.4) is 0 Å². The summed E-state index contributed by atoms with van der Waals surface area (Å²) in [5.41, 5.74) is 0.272. The minimum absolute atomic E-state index is 0.0247. The Bertz CT molecular complexity index is 1240. The number of hydrogen-bond donors (Lipinski definition) is 2. The highest BCUT2D eigenvalue weighted by Crippen LogP contribution is 2.43. The molecule has 0 saturated heterocycles. The van der Waals surface area contributed by atoms with Crippen molar-refractivity contribution < 1.29 is 35.9 Å². The van der Waals surface area contributed by atoms with E-state index in [1.807, 2.05) is 0 Å². The molecule has 1 saturated carbocycles.